The highest BCUT2D eigenvalue weighted by Crippen LogP contribution is 2.17. The highest BCUT2D eigenvalue weighted by Gasteiger charge is 2.02. The van der Waals surface area contributed by atoms with Crippen LogP contribution in [0.25, 0.3) is 0 Å². The monoisotopic (exact) mass is 358 g/mol. The largest absolute Gasteiger partial charge is 0.380 e. The number of nitrogens with one attached hydrogen (secondary N) is 1. The number of hydrogen-bond acceptors (Lipinski definition) is 2. The smallest absolute Gasteiger partial charge is 0.128 e. The van der Waals surface area contributed by atoms with Gasteiger partial charge in [-0.2, -0.15) is 0 Å². The van der Waals surface area contributed by atoms with Crippen LogP contribution in [-0.2, 0) is 6.54 Å². The predicted octanol–water partition coefficient (Wildman–Crippen LogP) is 4.36. The molecule has 0 aliphatic heterocycles. The van der Waals surface area contributed by atoms with E-state index in [9.17, 15) is 4.39 Å². The van der Waals surface area contributed by atoms with Gasteiger partial charge in [0.2, 0.25) is 0 Å². The molecular formula is C12H9Br2FN2. The summed E-state index contributed by atoms with van der Waals surface area (Å²) in [6.07, 6.45) is 1.69. The molecular weight excluding hydrogens is 351 g/mol. The first-order chi connectivity index (χ1) is 8.15. The summed E-state index contributed by atoms with van der Waals surface area (Å²) in [5.74, 6) is -0.217. The van der Waals surface area contributed by atoms with Gasteiger partial charge in [-0.25, -0.2) is 9.37 Å². The van der Waals surface area contributed by atoms with Crippen molar-refractivity contribution in [1.29, 1.82) is 0 Å². The molecule has 0 radical (unpaired) electrons. The van der Waals surface area contributed by atoms with Gasteiger partial charge >= 0.3 is 0 Å². The Morgan fingerprint density at radius 1 is 1.18 bits per heavy atom. The first-order valence-electron chi connectivity index (χ1n) is 4.94. The maximum Gasteiger partial charge on any atom is 0.128 e. The summed E-state index contributed by atoms with van der Waals surface area (Å²) in [6, 6.07) is 8.60. The lowest BCUT2D eigenvalue weighted by Crippen LogP contribution is -2.02. The summed E-state index contributed by atoms with van der Waals surface area (Å²) in [7, 11) is 0. The van der Waals surface area contributed by atoms with Gasteiger partial charge in [-0.3, -0.25) is 0 Å². The fraction of sp³-hybridized carbons (Fsp3) is 0.0833. The minimum Gasteiger partial charge on any atom is -0.380 e. The second-order valence-electron chi connectivity index (χ2n) is 3.46. The van der Waals surface area contributed by atoms with Gasteiger partial charge in [0, 0.05) is 16.6 Å². The molecule has 0 amide bonds. The van der Waals surface area contributed by atoms with Crippen molar-refractivity contribution in [2.24, 2.45) is 0 Å². The minimum atomic E-state index is -0.217. The molecule has 0 aliphatic carbocycles. The topological polar surface area (TPSA) is 24.9 Å². The molecule has 88 valence electrons. The number of anilines is 1. The van der Waals surface area contributed by atoms with Crippen molar-refractivity contribution >= 4 is 37.5 Å². The molecule has 0 fully saturated rings. The van der Waals surface area contributed by atoms with E-state index in [0.717, 1.165) is 14.8 Å². The van der Waals surface area contributed by atoms with Gasteiger partial charge in [-0.05, 0) is 46.3 Å². The molecule has 2 rings (SSSR count). The number of nitrogens with zero attached hydrogens (tertiary/aromatic N) is 1. The molecule has 1 aromatic carbocycles. The van der Waals surface area contributed by atoms with Crippen LogP contribution in [-0.4, -0.2) is 4.98 Å². The zero-order valence-electron chi connectivity index (χ0n) is 8.75. The van der Waals surface area contributed by atoms with E-state index in [1.165, 1.54) is 6.07 Å². The van der Waals surface area contributed by atoms with Crippen LogP contribution >= 0.6 is 31.9 Å². The molecule has 1 aromatic heterocycles. The standard InChI is InChI=1S/C12H9Br2FN2/c13-9-1-3-11(15)8(5-9)6-16-10-2-4-12(14)17-7-10/h1-5,7,16H,6H2. The quantitative estimate of drug-likeness (QED) is 0.823. The summed E-state index contributed by atoms with van der Waals surface area (Å²) in [5, 5.41) is 3.11. The number of benzene rings is 1. The molecule has 0 saturated heterocycles. The normalized spacial score (nSPS) is 10.3. The average molecular weight is 360 g/mol. The molecule has 0 saturated carbocycles. The van der Waals surface area contributed by atoms with Crippen molar-refractivity contribution in [2.45, 2.75) is 6.54 Å². The van der Waals surface area contributed by atoms with Gasteiger partial charge in [0.25, 0.3) is 0 Å². The Kier molecular flexibility index (Phi) is 4.12. The number of aromatic nitrogens is 1. The van der Waals surface area contributed by atoms with Crippen molar-refractivity contribution in [3.05, 3.63) is 57.0 Å². The summed E-state index contributed by atoms with van der Waals surface area (Å²) < 4.78 is 15.1. The average Bonchev–Trinajstić information content (AvgIpc) is 2.32. The Labute approximate surface area is 116 Å². The Morgan fingerprint density at radius 2 is 2.00 bits per heavy atom. The number of rotatable bonds is 3. The molecule has 0 atom stereocenters. The van der Waals surface area contributed by atoms with Crippen LogP contribution in [0.1, 0.15) is 5.56 Å². The van der Waals surface area contributed by atoms with Gasteiger partial charge in [0.1, 0.15) is 10.4 Å². The van der Waals surface area contributed by atoms with E-state index in [2.05, 4.69) is 42.2 Å². The summed E-state index contributed by atoms with van der Waals surface area (Å²) >= 11 is 6.58. The van der Waals surface area contributed by atoms with Crippen LogP contribution in [0.2, 0.25) is 0 Å². The molecule has 0 bridgehead atoms. The Balaban J connectivity index is 2.07. The summed E-state index contributed by atoms with van der Waals surface area (Å²) in [5.41, 5.74) is 1.47. The highest BCUT2D eigenvalue weighted by atomic mass is 79.9. The maximum atomic E-state index is 13.5. The summed E-state index contributed by atoms with van der Waals surface area (Å²) in [6.45, 7) is 0.425. The van der Waals surface area contributed by atoms with E-state index in [-0.39, 0.29) is 5.82 Å². The molecule has 2 aromatic rings. The van der Waals surface area contributed by atoms with Crippen LogP contribution in [0, 0.1) is 5.82 Å². The van der Waals surface area contributed by atoms with Crippen molar-refractivity contribution in [1.82, 2.24) is 4.98 Å². The van der Waals surface area contributed by atoms with Gasteiger partial charge in [0.15, 0.2) is 0 Å². The number of halogens is 3. The lowest BCUT2D eigenvalue weighted by atomic mass is 10.2. The number of pyridine rings is 1. The van der Waals surface area contributed by atoms with E-state index in [4.69, 9.17) is 0 Å². The van der Waals surface area contributed by atoms with Crippen molar-refractivity contribution in [3.8, 4) is 0 Å². The third kappa shape index (κ3) is 3.51. The molecule has 5 heteroatoms. The fourth-order valence-electron chi connectivity index (χ4n) is 1.36. The lowest BCUT2D eigenvalue weighted by Gasteiger charge is -2.07. The first-order valence-corrected chi connectivity index (χ1v) is 6.53. The molecule has 0 aliphatic rings. The zero-order chi connectivity index (χ0) is 12.3. The van der Waals surface area contributed by atoms with E-state index in [1.807, 2.05) is 12.1 Å². The van der Waals surface area contributed by atoms with Crippen molar-refractivity contribution in [3.63, 3.8) is 0 Å². The molecule has 0 unspecified atom stereocenters. The van der Waals surface area contributed by atoms with Crippen LogP contribution < -0.4 is 5.32 Å². The molecule has 17 heavy (non-hydrogen) atoms. The lowest BCUT2D eigenvalue weighted by molar-refractivity contribution is 0.612. The third-order valence-corrected chi connectivity index (χ3v) is 3.18. The van der Waals surface area contributed by atoms with Gasteiger partial charge in [-0.1, -0.05) is 15.9 Å². The second-order valence-corrected chi connectivity index (χ2v) is 5.19. The van der Waals surface area contributed by atoms with E-state index in [1.54, 1.807) is 18.3 Å². The predicted molar refractivity (Wildman–Crippen MR) is 73.4 cm³/mol. The van der Waals surface area contributed by atoms with Gasteiger partial charge in [-0.15, -0.1) is 0 Å². The minimum absolute atomic E-state index is 0.217. The maximum absolute atomic E-state index is 13.5. The Bertz CT molecular complexity index is 514. The highest BCUT2D eigenvalue weighted by molar-refractivity contribution is 9.10. The molecule has 2 nitrogen and oxygen atoms in total. The van der Waals surface area contributed by atoms with Crippen LogP contribution in [0.5, 0.6) is 0 Å². The summed E-state index contributed by atoms with van der Waals surface area (Å²) in [4.78, 5) is 4.08. The Morgan fingerprint density at radius 3 is 2.71 bits per heavy atom. The molecule has 1 heterocycles. The van der Waals surface area contributed by atoms with Crippen LogP contribution in [0.3, 0.4) is 0 Å². The SMILES string of the molecule is Fc1ccc(Br)cc1CNc1ccc(Br)nc1. The Hall–Kier alpha value is -0.940. The van der Waals surface area contributed by atoms with E-state index < -0.39 is 0 Å². The number of hydrogen-bond donors (Lipinski definition) is 1. The third-order valence-electron chi connectivity index (χ3n) is 2.22. The molecule has 1 N–H and O–H groups in total. The first kappa shape index (κ1) is 12.5. The second kappa shape index (κ2) is 5.60. The molecule has 0 spiro atoms. The fourth-order valence-corrected chi connectivity index (χ4v) is 2.00. The van der Waals surface area contributed by atoms with Gasteiger partial charge < -0.3 is 5.32 Å². The van der Waals surface area contributed by atoms with Crippen molar-refractivity contribution in [2.75, 3.05) is 5.32 Å². The van der Waals surface area contributed by atoms with E-state index >= 15 is 0 Å². The van der Waals surface area contributed by atoms with E-state index in [0.29, 0.717) is 12.1 Å². The van der Waals surface area contributed by atoms with Crippen molar-refractivity contribution < 1.29 is 4.39 Å². The van der Waals surface area contributed by atoms with Crippen LogP contribution in [0.15, 0.2) is 45.6 Å². The zero-order valence-corrected chi connectivity index (χ0v) is 11.9. The van der Waals surface area contributed by atoms with Crippen LogP contribution in [0.4, 0.5) is 10.1 Å². The van der Waals surface area contributed by atoms with Gasteiger partial charge in [0.05, 0.1) is 11.9 Å².